The summed E-state index contributed by atoms with van der Waals surface area (Å²) in [5.74, 6) is 1.00. The van der Waals surface area contributed by atoms with E-state index in [2.05, 4.69) is 127 Å². The van der Waals surface area contributed by atoms with E-state index < -0.39 is 20.8 Å². The van der Waals surface area contributed by atoms with E-state index in [9.17, 15) is 0 Å². The fraction of sp³-hybridized carbons (Fsp3) is 0.0833. The van der Waals surface area contributed by atoms with Gasteiger partial charge in [0.1, 0.15) is 0 Å². The van der Waals surface area contributed by atoms with Crippen LogP contribution in [0, 0.1) is 35.8 Å². The maximum atomic E-state index is 4.93. The van der Waals surface area contributed by atoms with Crippen molar-refractivity contribution in [3.8, 4) is 0 Å². The number of rotatable bonds is 1. The molecule has 4 aromatic rings. The predicted molar refractivity (Wildman–Crippen MR) is 175 cm³/mol. The minimum absolute atomic E-state index is 0. The Bertz CT molecular complexity index is 1260. The summed E-state index contributed by atoms with van der Waals surface area (Å²) in [4.78, 5) is 0. The Morgan fingerprint density at radius 2 is 1.17 bits per heavy atom. The molecule has 7 rings (SSSR count). The van der Waals surface area contributed by atoms with E-state index in [0.717, 1.165) is 6.42 Å². The van der Waals surface area contributed by atoms with E-state index in [-0.39, 0.29) is 80.7 Å². The molecular weight excluding hydrogens is 757 g/mol. The van der Waals surface area contributed by atoms with Crippen molar-refractivity contribution in [1.82, 2.24) is 0 Å². The van der Waals surface area contributed by atoms with Crippen molar-refractivity contribution in [3.63, 3.8) is 0 Å². The third kappa shape index (κ3) is 13.4. The molecule has 0 aromatic heterocycles. The Balaban J connectivity index is -0.000000259. The molecule has 3 aliphatic rings. The predicted octanol–water partition coefficient (Wildman–Crippen LogP) is 5.66. The summed E-state index contributed by atoms with van der Waals surface area (Å²) in [5.41, 5.74) is 5.67. The van der Waals surface area contributed by atoms with E-state index in [1.165, 1.54) is 33.0 Å². The first kappa shape index (κ1) is 48.1. The zero-order valence-electron chi connectivity index (χ0n) is 24.6. The Morgan fingerprint density at radius 1 is 0.690 bits per heavy atom. The van der Waals surface area contributed by atoms with E-state index in [1.807, 2.05) is 12.2 Å². The zero-order valence-corrected chi connectivity index (χ0v) is 32.5. The molecule has 0 fully saturated rings. The topological polar surface area (TPSA) is 0 Å². The van der Waals surface area contributed by atoms with Crippen molar-refractivity contribution >= 4 is 40.0 Å². The Kier molecular flexibility index (Phi) is 30.4. The molecule has 0 aliphatic heterocycles. The molecule has 0 N–H and O–H groups in total. The van der Waals surface area contributed by atoms with Gasteiger partial charge in [-0.05, 0) is 22.3 Å². The van der Waals surface area contributed by atoms with Gasteiger partial charge in [0.2, 0.25) is 0 Å². The van der Waals surface area contributed by atoms with Crippen LogP contribution in [0.3, 0.4) is 0 Å². The van der Waals surface area contributed by atoms with E-state index in [4.69, 9.17) is 17.0 Å². The summed E-state index contributed by atoms with van der Waals surface area (Å²) in [7, 11) is 9.87. The third-order valence-corrected chi connectivity index (χ3v) is 6.20. The van der Waals surface area contributed by atoms with Crippen LogP contribution in [-0.2, 0) is 47.1 Å². The van der Waals surface area contributed by atoms with Crippen LogP contribution in [0.15, 0.2) is 121 Å². The molecule has 0 saturated heterocycles. The molecule has 2 unspecified atom stereocenters. The second kappa shape index (κ2) is 26.5. The number of hydrogen-bond acceptors (Lipinski definition) is 0. The van der Waals surface area contributed by atoms with Crippen LogP contribution < -0.4 is 24.8 Å². The maximum Gasteiger partial charge on any atom is 3.00 e. The van der Waals surface area contributed by atoms with Gasteiger partial charge in [0.15, 0.2) is 0 Å². The van der Waals surface area contributed by atoms with Gasteiger partial charge >= 0.3 is 64.1 Å². The van der Waals surface area contributed by atoms with Crippen LogP contribution in [0.2, 0.25) is 0 Å². The van der Waals surface area contributed by atoms with Crippen LogP contribution in [0.5, 0.6) is 0 Å². The summed E-state index contributed by atoms with van der Waals surface area (Å²) in [5, 5.41) is 2.66. The zero-order chi connectivity index (χ0) is 24.3. The average molecular weight is 795 g/mol. The minimum atomic E-state index is -0.826. The molecule has 0 heterocycles. The fourth-order valence-electron chi connectivity index (χ4n) is 4.59. The summed E-state index contributed by atoms with van der Waals surface area (Å²) >= 11 is -0.826. The van der Waals surface area contributed by atoms with Crippen molar-refractivity contribution < 1.29 is 71.9 Å². The number of halogens is 4. The standard InChI is InChI=1S/C18H14.C9H7.C5H5.4CH3.4ClH.2Zr/c1-3-7-15-13(5-1)9-11-17(15)18-12-10-14-6-2-4-8-16(14)18;1-2-5-9-7-3-6-8(9)4-1;1-2-4-5-3-1;;;;;;;;;;/h1-12,17-18H;1-7H;1-3H,4H2;4*1H3;4*1H;;/q;6*-1;;;;;+2;+3/p-4. The van der Waals surface area contributed by atoms with Crippen LogP contribution in [0.4, 0.5) is 0 Å². The molecule has 1 radical (unpaired) electrons. The van der Waals surface area contributed by atoms with Gasteiger partial charge in [-0.15, -0.1) is 36.1 Å². The smallest absolute Gasteiger partial charge is 0.168 e. The van der Waals surface area contributed by atoms with Gasteiger partial charge in [-0.3, -0.25) is 6.08 Å². The molecule has 3 aliphatic carbocycles. The quantitative estimate of drug-likeness (QED) is 0.219. The van der Waals surface area contributed by atoms with Gasteiger partial charge in [-0.2, -0.15) is 23.6 Å². The molecule has 0 spiro atoms. The van der Waals surface area contributed by atoms with Crippen LogP contribution in [0.1, 0.15) is 40.5 Å². The van der Waals surface area contributed by atoms with Gasteiger partial charge in [0.05, 0.1) is 0 Å². The number of allylic oxidation sites excluding steroid dienone is 6. The van der Waals surface area contributed by atoms with Crippen molar-refractivity contribution in [2.75, 3.05) is 0 Å². The van der Waals surface area contributed by atoms with Crippen molar-refractivity contribution in [1.29, 1.82) is 0 Å². The Hall–Kier alpha value is -0.844. The second-order valence-electron chi connectivity index (χ2n) is 8.26. The largest absolute Gasteiger partial charge is 3.00 e. The fourth-order valence-corrected chi connectivity index (χ4v) is 4.59. The van der Waals surface area contributed by atoms with Crippen molar-refractivity contribution in [2.45, 2.75) is 18.3 Å². The van der Waals surface area contributed by atoms with Gasteiger partial charge in [-0.25, -0.2) is 12.2 Å². The van der Waals surface area contributed by atoms with Gasteiger partial charge in [-0.1, -0.05) is 78.9 Å². The van der Waals surface area contributed by atoms with Gasteiger partial charge in [0, 0.05) is 11.8 Å². The molecule has 0 saturated carbocycles. The third-order valence-electron chi connectivity index (χ3n) is 6.20. The summed E-state index contributed by atoms with van der Waals surface area (Å²) < 4.78 is 0. The maximum absolute atomic E-state index is 4.93. The first-order chi connectivity index (χ1) is 17.3. The van der Waals surface area contributed by atoms with E-state index in [1.54, 1.807) is 0 Å². The number of benzene rings is 3. The monoisotopic (exact) mass is 790 g/mol. The molecule has 0 bridgehead atoms. The number of fused-ring (bicyclic) bond motifs is 3. The normalized spacial score (nSPS) is 14.5. The second-order valence-corrected chi connectivity index (χ2v) is 12.0. The first-order valence-corrected chi connectivity index (χ1v) is 18.0. The molecule has 6 heteroatoms. The van der Waals surface area contributed by atoms with Crippen molar-refractivity contribution in [2.24, 2.45) is 0 Å². The molecular formula is C36H38Cl4Zr2-5. The minimum Gasteiger partial charge on any atom is -0.168 e. The van der Waals surface area contributed by atoms with E-state index >= 15 is 0 Å². The Morgan fingerprint density at radius 3 is 1.60 bits per heavy atom. The van der Waals surface area contributed by atoms with Gasteiger partial charge in [0.25, 0.3) is 0 Å². The summed E-state index contributed by atoms with van der Waals surface area (Å²) in [6.07, 6.45) is 19.2. The van der Waals surface area contributed by atoms with Crippen LogP contribution in [-0.4, -0.2) is 0 Å². The SMILES string of the molecule is C1=CC(C2C=Cc3ccccc32)c2ccccc21.[C-]1=CC=CC1.[CH3-].[CH3-].[CH3-].[CH3-].[Cl-].[Cl-].[Cl][Zr][Cl].[Zr+3].c1ccc2[cH-]ccc2c1. The van der Waals surface area contributed by atoms with Crippen LogP contribution >= 0.6 is 17.0 Å². The molecule has 223 valence electrons. The first-order valence-electron chi connectivity index (χ1n) is 11.6. The summed E-state index contributed by atoms with van der Waals surface area (Å²) in [6.45, 7) is 0. The average Bonchev–Trinajstić information content (AvgIpc) is 3.71. The number of hydrogen-bond donors (Lipinski definition) is 0. The van der Waals surface area contributed by atoms with E-state index in [0.29, 0.717) is 11.8 Å². The Labute approximate surface area is 306 Å². The summed E-state index contributed by atoms with van der Waals surface area (Å²) in [6, 6.07) is 32.1. The van der Waals surface area contributed by atoms with Crippen molar-refractivity contribution in [3.05, 3.63) is 179 Å². The van der Waals surface area contributed by atoms with Crippen LogP contribution in [0.25, 0.3) is 22.9 Å². The molecule has 42 heavy (non-hydrogen) atoms. The molecule has 2 atom stereocenters. The molecule has 0 amide bonds. The molecule has 0 nitrogen and oxygen atoms in total. The van der Waals surface area contributed by atoms with Gasteiger partial charge < -0.3 is 54.5 Å². The molecule has 4 aromatic carbocycles.